The van der Waals surface area contributed by atoms with Crippen molar-refractivity contribution in [1.82, 2.24) is 4.98 Å². The zero-order valence-electron chi connectivity index (χ0n) is 10.7. The van der Waals surface area contributed by atoms with Crippen LogP contribution >= 0.6 is 0 Å². The van der Waals surface area contributed by atoms with Gasteiger partial charge in [-0.3, -0.25) is 9.78 Å². The van der Waals surface area contributed by atoms with Crippen LogP contribution in [0.2, 0.25) is 0 Å². The Kier molecular flexibility index (Phi) is 4.23. The van der Waals surface area contributed by atoms with Crippen LogP contribution in [0.1, 0.15) is 21.6 Å². The molecular formula is C14H11F3N2O2. The summed E-state index contributed by atoms with van der Waals surface area (Å²) >= 11 is 0. The Morgan fingerprint density at radius 2 is 2.00 bits per heavy atom. The van der Waals surface area contributed by atoms with Crippen molar-refractivity contribution in [2.75, 3.05) is 5.32 Å². The number of amides is 1. The van der Waals surface area contributed by atoms with Crippen LogP contribution in [0.3, 0.4) is 0 Å². The monoisotopic (exact) mass is 296 g/mol. The van der Waals surface area contributed by atoms with Crippen molar-refractivity contribution in [3.63, 3.8) is 0 Å². The van der Waals surface area contributed by atoms with Gasteiger partial charge in [-0.2, -0.15) is 13.2 Å². The van der Waals surface area contributed by atoms with Gasteiger partial charge >= 0.3 is 6.18 Å². The number of nitrogens with one attached hydrogen (secondary N) is 1. The molecule has 1 aromatic carbocycles. The summed E-state index contributed by atoms with van der Waals surface area (Å²) in [7, 11) is 0. The first-order valence-electron chi connectivity index (χ1n) is 5.95. The van der Waals surface area contributed by atoms with Crippen LogP contribution in [0.4, 0.5) is 18.9 Å². The molecule has 1 heterocycles. The molecular weight excluding hydrogens is 285 g/mol. The Balaban J connectivity index is 2.29. The molecule has 0 saturated heterocycles. The lowest BCUT2D eigenvalue weighted by Gasteiger charge is -2.12. The molecule has 0 radical (unpaired) electrons. The van der Waals surface area contributed by atoms with Gasteiger partial charge in [-0.05, 0) is 29.8 Å². The van der Waals surface area contributed by atoms with Crippen LogP contribution in [-0.2, 0) is 12.8 Å². The lowest BCUT2D eigenvalue weighted by atomic mass is 10.1. The number of benzene rings is 1. The number of aromatic nitrogens is 1. The fraction of sp³-hybridized carbons (Fsp3) is 0.143. The number of aliphatic hydroxyl groups is 1. The van der Waals surface area contributed by atoms with Gasteiger partial charge in [0.2, 0.25) is 0 Å². The van der Waals surface area contributed by atoms with Crippen LogP contribution in [0.5, 0.6) is 0 Å². The third kappa shape index (κ3) is 3.57. The summed E-state index contributed by atoms with van der Waals surface area (Å²) in [6, 6.07) is 8.08. The standard InChI is InChI=1S/C14H11F3N2O2/c15-14(16,17)11-5-2-6-18-12(11)13(21)19-10-4-1-3-9(7-10)8-20/h1-7,20H,8H2,(H,19,21). The van der Waals surface area contributed by atoms with Crippen LogP contribution in [-0.4, -0.2) is 16.0 Å². The van der Waals surface area contributed by atoms with Crippen molar-refractivity contribution >= 4 is 11.6 Å². The molecule has 0 aliphatic heterocycles. The van der Waals surface area contributed by atoms with Gasteiger partial charge < -0.3 is 10.4 Å². The first kappa shape index (κ1) is 15.0. The summed E-state index contributed by atoms with van der Waals surface area (Å²) in [5.41, 5.74) is -0.976. The average Bonchev–Trinajstić information content (AvgIpc) is 2.46. The number of halogens is 3. The van der Waals surface area contributed by atoms with Crippen LogP contribution in [0.25, 0.3) is 0 Å². The SMILES string of the molecule is O=C(Nc1cccc(CO)c1)c1ncccc1C(F)(F)F. The van der Waals surface area contributed by atoms with E-state index in [1.807, 2.05) is 0 Å². The topological polar surface area (TPSA) is 62.2 Å². The molecule has 110 valence electrons. The Labute approximate surface area is 118 Å². The Bertz CT molecular complexity index is 657. The maximum absolute atomic E-state index is 12.8. The summed E-state index contributed by atoms with van der Waals surface area (Å²) in [6.07, 6.45) is -3.54. The van der Waals surface area contributed by atoms with E-state index >= 15 is 0 Å². The number of anilines is 1. The second kappa shape index (κ2) is 5.92. The van der Waals surface area contributed by atoms with Gasteiger partial charge in [0.05, 0.1) is 12.2 Å². The minimum absolute atomic E-state index is 0.235. The predicted octanol–water partition coefficient (Wildman–Crippen LogP) is 2.85. The second-order valence-corrected chi connectivity index (χ2v) is 4.21. The van der Waals surface area contributed by atoms with E-state index in [4.69, 9.17) is 5.11 Å². The molecule has 0 spiro atoms. The lowest BCUT2D eigenvalue weighted by Crippen LogP contribution is -2.20. The van der Waals surface area contributed by atoms with Crippen molar-refractivity contribution in [2.45, 2.75) is 12.8 Å². The highest BCUT2D eigenvalue weighted by Gasteiger charge is 2.35. The highest BCUT2D eigenvalue weighted by molar-refractivity contribution is 6.04. The fourth-order valence-corrected chi connectivity index (χ4v) is 1.75. The third-order valence-corrected chi connectivity index (χ3v) is 2.70. The van der Waals surface area contributed by atoms with E-state index in [1.165, 1.54) is 12.1 Å². The largest absolute Gasteiger partial charge is 0.418 e. The Morgan fingerprint density at radius 1 is 1.24 bits per heavy atom. The van der Waals surface area contributed by atoms with Crippen molar-refractivity contribution in [3.8, 4) is 0 Å². The maximum Gasteiger partial charge on any atom is 0.418 e. The van der Waals surface area contributed by atoms with Crippen LogP contribution < -0.4 is 5.32 Å². The summed E-state index contributed by atoms with van der Waals surface area (Å²) in [6.45, 7) is -0.235. The lowest BCUT2D eigenvalue weighted by molar-refractivity contribution is -0.138. The molecule has 7 heteroatoms. The number of carbonyl (C=O) groups is 1. The number of nitrogens with zero attached hydrogens (tertiary/aromatic N) is 1. The minimum atomic E-state index is -4.66. The van der Waals surface area contributed by atoms with E-state index in [0.717, 1.165) is 18.3 Å². The summed E-state index contributed by atoms with van der Waals surface area (Å²) in [4.78, 5) is 15.4. The minimum Gasteiger partial charge on any atom is -0.392 e. The van der Waals surface area contributed by atoms with Gasteiger partial charge in [0, 0.05) is 11.9 Å². The Hall–Kier alpha value is -2.41. The fourth-order valence-electron chi connectivity index (χ4n) is 1.75. The van der Waals surface area contributed by atoms with Crippen molar-refractivity contribution in [2.24, 2.45) is 0 Å². The molecule has 0 bridgehead atoms. The number of hydrogen-bond donors (Lipinski definition) is 2. The number of rotatable bonds is 3. The van der Waals surface area contributed by atoms with Gasteiger partial charge in [-0.1, -0.05) is 12.1 Å². The van der Waals surface area contributed by atoms with Gasteiger partial charge in [0.15, 0.2) is 0 Å². The maximum atomic E-state index is 12.8. The highest BCUT2D eigenvalue weighted by Crippen LogP contribution is 2.31. The van der Waals surface area contributed by atoms with Crippen molar-refractivity contribution in [3.05, 3.63) is 59.4 Å². The van der Waals surface area contributed by atoms with E-state index in [-0.39, 0.29) is 12.3 Å². The predicted molar refractivity (Wildman–Crippen MR) is 69.6 cm³/mol. The van der Waals surface area contributed by atoms with Gasteiger partial charge in [-0.25, -0.2) is 0 Å². The zero-order chi connectivity index (χ0) is 15.5. The van der Waals surface area contributed by atoms with E-state index in [0.29, 0.717) is 5.56 Å². The summed E-state index contributed by atoms with van der Waals surface area (Å²) in [5.74, 6) is -0.960. The molecule has 0 unspecified atom stereocenters. The zero-order valence-corrected chi connectivity index (χ0v) is 10.7. The number of hydrogen-bond acceptors (Lipinski definition) is 3. The van der Waals surface area contributed by atoms with E-state index < -0.39 is 23.3 Å². The molecule has 0 atom stereocenters. The number of aliphatic hydroxyl groups excluding tert-OH is 1. The molecule has 21 heavy (non-hydrogen) atoms. The first-order valence-corrected chi connectivity index (χ1v) is 5.95. The summed E-state index contributed by atoms with van der Waals surface area (Å²) in [5, 5.41) is 11.3. The van der Waals surface area contributed by atoms with Gasteiger partial charge in [-0.15, -0.1) is 0 Å². The number of alkyl halides is 3. The highest BCUT2D eigenvalue weighted by atomic mass is 19.4. The van der Waals surface area contributed by atoms with Gasteiger partial charge in [0.1, 0.15) is 5.69 Å². The molecule has 0 saturated carbocycles. The Morgan fingerprint density at radius 3 is 2.67 bits per heavy atom. The first-order chi connectivity index (χ1) is 9.91. The molecule has 2 N–H and O–H groups in total. The van der Waals surface area contributed by atoms with Gasteiger partial charge in [0.25, 0.3) is 5.91 Å². The molecule has 2 rings (SSSR count). The van der Waals surface area contributed by atoms with Crippen LogP contribution in [0, 0.1) is 0 Å². The molecule has 0 fully saturated rings. The quantitative estimate of drug-likeness (QED) is 0.915. The molecule has 1 aromatic heterocycles. The number of pyridine rings is 1. The van der Waals surface area contributed by atoms with Crippen molar-refractivity contribution < 1.29 is 23.1 Å². The van der Waals surface area contributed by atoms with E-state index in [1.54, 1.807) is 12.1 Å². The normalized spacial score (nSPS) is 11.2. The number of carbonyl (C=O) groups excluding carboxylic acids is 1. The smallest absolute Gasteiger partial charge is 0.392 e. The molecule has 2 aromatic rings. The van der Waals surface area contributed by atoms with E-state index in [2.05, 4.69) is 10.3 Å². The van der Waals surface area contributed by atoms with Crippen LogP contribution in [0.15, 0.2) is 42.6 Å². The second-order valence-electron chi connectivity index (χ2n) is 4.21. The van der Waals surface area contributed by atoms with E-state index in [9.17, 15) is 18.0 Å². The molecule has 0 aliphatic carbocycles. The summed E-state index contributed by atoms with van der Waals surface area (Å²) < 4.78 is 38.4. The third-order valence-electron chi connectivity index (χ3n) is 2.70. The molecule has 1 amide bonds. The molecule has 0 aliphatic rings. The van der Waals surface area contributed by atoms with Crippen molar-refractivity contribution in [1.29, 1.82) is 0 Å². The molecule has 4 nitrogen and oxygen atoms in total. The average molecular weight is 296 g/mol.